The Hall–Kier alpha value is -0.590. The third-order valence-corrected chi connectivity index (χ3v) is 3.25. The van der Waals surface area contributed by atoms with E-state index in [1.54, 1.807) is 0 Å². The zero-order valence-electron chi connectivity index (χ0n) is 17.4. The van der Waals surface area contributed by atoms with Crippen molar-refractivity contribution in [2.45, 2.75) is 91.6 Å². The van der Waals surface area contributed by atoms with Crippen molar-refractivity contribution < 1.29 is 19.6 Å². The van der Waals surface area contributed by atoms with Crippen LogP contribution in [0.5, 0.6) is 0 Å². The Labute approximate surface area is 160 Å². The molecule has 25 heavy (non-hydrogen) atoms. The molecule has 0 unspecified atom stereocenters. The van der Waals surface area contributed by atoms with Crippen LogP contribution < -0.4 is 0 Å². The molecule has 0 aliphatic carbocycles. The Kier molecular flexibility index (Phi) is 8.20. The lowest BCUT2D eigenvalue weighted by Crippen LogP contribution is -2.31. The molecule has 146 valence electrons. The second-order valence-electron chi connectivity index (χ2n) is 9.16. The molecule has 0 aromatic heterocycles. The van der Waals surface area contributed by atoms with Crippen molar-refractivity contribution in [1.82, 2.24) is 0 Å². The van der Waals surface area contributed by atoms with Crippen molar-refractivity contribution in [1.29, 1.82) is 0 Å². The molecular weight excluding hydrogens is 336 g/mol. The zero-order chi connectivity index (χ0) is 18.8. The van der Waals surface area contributed by atoms with Crippen molar-refractivity contribution in [2.24, 2.45) is 0 Å². The first-order valence-corrected chi connectivity index (χ1v) is 8.47. The Morgan fingerprint density at radius 2 is 0.880 bits per heavy atom. The number of rotatable bonds is 6. The van der Waals surface area contributed by atoms with Gasteiger partial charge in [0.25, 0.3) is 0 Å². The van der Waals surface area contributed by atoms with Crippen LogP contribution in [0.4, 0.5) is 0 Å². The highest BCUT2D eigenvalue weighted by Gasteiger charge is 2.30. The van der Waals surface area contributed by atoms with Gasteiger partial charge in [-0.2, -0.15) is 13.5 Å². The van der Waals surface area contributed by atoms with E-state index < -0.39 is 11.2 Å². The van der Waals surface area contributed by atoms with Crippen LogP contribution in [0.25, 0.3) is 0 Å². The SMILES string of the molecule is CC(C)(C)OOC(C)(C)c1cccc(C(C)(C)OOC(C)(C)C)c1.S. The largest absolute Gasteiger partial charge is 0.230 e. The molecule has 0 aliphatic heterocycles. The summed E-state index contributed by atoms with van der Waals surface area (Å²) in [5.74, 6) is 0. The van der Waals surface area contributed by atoms with Crippen molar-refractivity contribution in [2.75, 3.05) is 0 Å². The Bertz CT molecular complexity index is 494. The highest BCUT2D eigenvalue weighted by molar-refractivity contribution is 7.59. The van der Waals surface area contributed by atoms with Gasteiger partial charge in [0.2, 0.25) is 0 Å². The minimum atomic E-state index is -0.579. The Morgan fingerprint density at radius 3 is 1.16 bits per heavy atom. The van der Waals surface area contributed by atoms with Gasteiger partial charge in [0.1, 0.15) is 11.2 Å². The molecule has 0 amide bonds. The van der Waals surface area contributed by atoms with Crippen LogP contribution >= 0.6 is 13.5 Å². The summed E-state index contributed by atoms with van der Waals surface area (Å²) >= 11 is 0. The van der Waals surface area contributed by atoms with Gasteiger partial charge in [0.05, 0.1) is 11.2 Å². The van der Waals surface area contributed by atoms with E-state index in [0.717, 1.165) is 11.1 Å². The van der Waals surface area contributed by atoms with E-state index in [4.69, 9.17) is 19.6 Å². The summed E-state index contributed by atoms with van der Waals surface area (Å²) in [6, 6.07) is 8.11. The predicted molar refractivity (Wildman–Crippen MR) is 107 cm³/mol. The molecule has 0 heterocycles. The van der Waals surface area contributed by atoms with Crippen LogP contribution in [-0.4, -0.2) is 11.2 Å². The summed E-state index contributed by atoms with van der Waals surface area (Å²) in [5, 5.41) is 0. The van der Waals surface area contributed by atoms with Crippen molar-refractivity contribution in [3.8, 4) is 0 Å². The maximum atomic E-state index is 5.69. The smallest absolute Gasteiger partial charge is 0.123 e. The first kappa shape index (κ1) is 24.4. The lowest BCUT2D eigenvalue weighted by atomic mass is 9.91. The van der Waals surface area contributed by atoms with E-state index in [2.05, 4.69) is 6.07 Å². The van der Waals surface area contributed by atoms with Crippen LogP contribution in [0.1, 0.15) is 80.4 Å². The molecule has 0 saturated heterocycles. The summed E-state index contributed by atoms with van der Waals surface area (Å²) in [5.41, 5.74) is 0.137. The second kappa shape index (κ2) is 8.40. The second-order valence-corrected chi connectivity index (χ2v) is 9.16. The average Bonchev–Trinajstić information content (AvgIpc) is 2.42. The van der Waals surface area contributed by atoms with Crippen LogP contribution in [0.2, 0.25) is 0 Å². The topological polar surface area (TPSA) is 36.9 Å². The maximum Gasteiger partial charge on any atom is 0.123 e. The fourth-order valence-electron chi connectivity index (χ4n) is 1.82. The summed E-state index contributed by atoms with van der Waals surface area (Å²) in [6.07, 6.45) is 0. The van der Waals surface area contributed by atoms with Gasteiger partial charge in [-0.25, -0.2) is 19.6 Å². The standard InChI is InChI=1S/C20H34O4.H2S/c1-17(2,3)21-23-19(7,8)15-12-11-13-16(14-15)20(9,10)24-22-18(4,5)6;/h11-14H,1-10H3;1H2. The molecule has 0 saturated carbocycles. The van der Waals surface area contributed by atoms with Crippen molar-refractivity contribution in [3.63, 3.8) is 0 Å². The van der Waals surface area contributed by atoms with Crippen LogP contribution in [0.15, 0.2) is 24.3 Å². The monoisotopic (exact) mass is 372 g/mol. The molecule has 5 heteroatoms. The fraction of sp³-hybridized carbons (Fsp3) is 0.700. The van der Waals surface area contributed by atoms with E-state index in [9.17, 15) is 0 Å². The molecule has 1 aromatic carbocycles. The highest BCUT2D eigenvalue weighted by atomic mass is 32.1. The minimum absolute atomic E-state index is 0. The Morgan fingerprint density at radius 1 is 0.560 bits per heavy atom. The summed E-state index contributed by atoms with van der Waals surface area (Å²) in [4.78, 5) is 22.4. The summed E-state index contributed by atoms with van der Waals surface area (Å²) in [7, 11) is 0. The van der Waals surface area contributed by atoms with Gasteiger partial charge in [-0.05, 0) is 86.4 Å². The lowest BCUT2D eigenvalue weighted by molar-refractivity contribution is -0.403. The fourth-order valence-corrected chi connectivity index (χ4v) is 1.82. The maximum absolute atomic E-state index is 5.69. The predicted octanol–water partition coefficient (Wildman–Crippen LogP) is 5.76. The minimum Gasteiger partial charge on any atom is -0.230 e. The number of benzene rings is 1. The van der Waals surface area contributed by atoms with E-state index in [0.29, 0.717) is 0 Å². The van der Waals surface area contributed by atoms with Gasteiger partial charge in [0, 0.05) is 0 Å². The van der Waals surface area contributed by atoms with E-state index in [1.807, 2.05) is 87.4 Å². The molecule has 1 rings (SSSR count). The molecule has 0 atom stereocenters. The van der Waals surface area contributed by atoms with Gasteiger partial charge >= 0.3 is 0 Å². The van der Waals surface area contributed by atoms with E-state index in [1.165, 1.54) is 0 Å². The van der Waals surface area contributed by atoms with Crippen LogP contribution in [-0.2, 0) is 30.8 Å². The highest BCUT2D eigenvalue weighted by Crippen LogP contribution is 2.32. The first-order valence-electron chi connectivity index (χ1n) is 8.47. The summed E-state index contributed by atoms with van der Waals surface area (Å²) in [6.45, 7) is 19.7. The molecular formula is C20H36O4S. The van der Waals surface area contributed by atoms with Gasteiger partial charge < -0.3 is 0 Å². The van der Waals surface area contributed by atoms with E-state index >= 15 is 0 Å². The third-order valence-electron chi connectivity index (χ3n) is 3.25. The quantitative estimate of drug-likeness (QED) is 0.470. The normalized spacial score (nSPS) is 13.5. The molecule has 1 aromatic rings. The molecule has 0 aliphatic rings. The number of hydrogen-bond acceptors (Lipinski definition) is 4. The van der Waals surface area contributed by atoms with E-state index in [-0.39, 0.29) is 24.7 Å². The van der Waals surface area contributed by atoms with Crippen molar-refractivity contribution in [3.05, 3.63) is 35.4 Å². The molecule has 0 bridgehead atoms. The average molecular weight is 373 g/mol. The molecule has 0 fully saturated rings. The third kappa shape index (κ3) is 8.56. The molecule has 0 spiro atoms. The molecule has 4 nitrogen and oxygen atoms in total. The van der Waals surface area contributed by atoms with Crippen LogP contribution in [0, 0.1) is 0 Å². The van der Waals surface area contributed by atoms with Gasteiger partial charge in [0.15, 0.2) is 0 Å². The molecule has 0 N–H and O–H groups in total. The Balaban J connectivity index is 0.00000576. The van der Waals surface area contributed by atoms with Gasteiger partial charge in [-0.15, -0.1) is 0 Å². The first-order chi connectivity index (χ1) is 10.6. The zero-order valence-corrected chi connectivity index (χ0v) is 18.4. The molecule has 0 radical (unpaired) electrons. The number of hydrogen-bond donors (Lipinski definition) is 0. The lowest BCUT2D eigenvalue weighted by Gasteiger charge is -2.32. The summed E-state index contributed by atoms with van der Waals surface area (Å²) < 4.78 is 0. The van der Waals surface area contributed by atoms with Gasteiger partial charge in [-0.3, -0.25) is 0 Å². The van der Waals surface area contributed by atoms with Gasteiger partial charge in [-0.1, -0.05) is 18.2 Å². The van der Waals surface area contributed by atoms with Crippen molar-refractivity contribution >= 4 is 13.5 Å². The van der Waals surface area contributed by atoms with Crippen LogP contribution in [0.3, 0.4) is 0 Å².